The zero-order valence-corrected chi connectivity index (χ0v) is 16.4. The van der Waals surface area contributed by atoms with Crippen LogP contribution in [-0.4, -0.2) is 31.9 Å². The van der Waals surface area contributed by atoms with Crippen LogP contribution in [-0.2, 0) is 13.6 Å². The molecule has 2 heterocycles. The number of imidazole rings is 1. The van der Waals surface area contributed by atoms with Crippen molar-refractivity contribution >= 4 is 23.3 Å². The van der Waals surface area contributed by atoms with Crippen LogP contribution in [0.1, 0.15) is 26.3 Å². The number of fused-ring (bicyclic) bond motifs is 1. The molecule has 3 aromatic rings. The molecule has 0 saturated carbocycles. The molecule has 0 radical (unpaired) electrons. The first-order valence-corrected chi connectivity index (χ1v) is 9.12. The molecular weight excluding hydrogens is 360 g/mol. The van der Waals surface area contributed by atoms with Gasteiger partial charge in [-0.25, -0.2) is 10.2 Å². The van der Waals surface area contributed by atoms with E-state index in [1.807, 2.05) is 45.0 Å². The van der Waals surface area contributed by atoms with Gasteiger partial charge in [0.15, 0.2) is 11.2 Å². The van der Waals surface area contributed by atoms with Crippen molar-refractivity contribution < 1.29 is 4.74 Å². The summed E-state index contributed by atoms with van der Waals surface area (Å²) in [7, 11) is 1.57. The lowest BCUT2D eigenvalue weighted by Gasteiger charge is -2.10. The quantitative estimate of drug-likeness (QED) is 0.478. The minimum atomic E-state index is -0.504. The van der Waals surface area contributed by atoms with Gasteiger partial charge in [-0.1, -0.05) is 13.8 Å². The maximum Gasteiger partial charge on any atom is 0.329 e. The fraction of sp³-hybridized carbons (Fsp3) is 0.368. The van der Waals surface area contributed by atoms with E-state index in [2.05, 4.69) is 20.5 Å². The molecule has 9 nitrogen and oxygen atoms in total. The van der Waals surface area contributed by atoms with E-state index in [1.165, 1.54) is 4.57 Å². The lowest BCUT2D eigenvalue weighted by atomic mass is 10.2. The zero-order chi connectivity index (χ0) is 20.3. The van der Waals surface area contributed by atoms with Gasteiger partial charge < -0.3 is 9.30 Å². The Bertz CT molecular complexity index is 1110. The molecule has 0 bridgehead atoms. The number of hydrazone groups is 1. The fourth-order valence-electron chi connectivity index (χ4n) is 2.84. The van der Waals surface area contributed by atoms with Crippen LogP contribution >= 0.6 is 0 Å². The number of aryl methyl sites for hydroxylation is 1. The molecule has 0 amide bonds. The predicted octanol–water partition coefficient (Wildman–Crippen LogP) is 1.92. The van der Waals surface area contributed by atoms with E-state index < -0.39 is 11.2 Å². The van der Waals surface area contributed by atoms with Gasteiger partial charge in [-0.2, -0.15) is 10.1 Å². The molecule has 148 valence electrons. The largest absolute Gasteiger partial charge is 0.494 e. The summed E-state index contributed by atoms with van der Waals surface area (Å²) in [6, 6.07) is 7.52. The molecule has 0 saturated heterocycles. The number of ether oxygens (including phenoxy) is 1. The van der Waals surface area contributed by atoms with Crippen LogP contribution in [0.3, 0.4) is 0 Å². The number of hydrogen-bond donors (Lipinski definition) is 2. The number of nitrogens with zero attached hydrogens (tertiary/aromatic N) is 4. The van der Waals surface area contributed by atoms with Gasteiger partial charge in [0.25, 0.3) is 5.56 Å². The Morgan fingerprint density at radius 1 is 1.29 bits per heavy atom. The number of hydrogen-bond acceptors (Lipinski definition) is 6. The molecule has 0 aliphatic rings. The van der Waals surface area contributed by atoms with Crippen LogP contribution in [0.2, 0.25) is 0 Å². The average molecular weight is 384 g/mol. The first-order chi connectivity index (χ1) is 13.4. The first-order valence-electron chi connectivity index (χ1n) is 9.12. The Balaban J connectivity index is 1.93. The van der Waals surface area contributed by atoms with Crippen molar-refractivity contribution in [3.05, 3.63) is 50.7 Å². The topological polar surface area (TPSA) is 106 Å². The summed E-state index contributed by atoms with van der Waals surface area (Å²) < 4.78 is 8.48. The van der Waals surface area contributed by atoms with Gasteiger partial charge in [-0.15, -0.1) is 0 Å². The normalized spacial score (nSPS) is 11.6. The van der Waals surface area contributed by atoms with Gasteiger partial charge in [-0.05, 0) is 42.7 Å². The third-order valence-corrected chi connectivity index (χ3v) is 4.12. The number of aromatic nitrogens is 4. The number of anilines is 1. The second-order valence-electron chi connectivity index (χ2n) is 6.80. The van der Waals surface area contributed by atoms with Crippen LogP contribution in [0, 0.1) is 5.92 Å². The summed E-state index contributed by atoms with van der Waals surface area (Å²) in [6.07, 6.45) is 1.65. The van der Waals surface area contributed by atoms with E-state index in [4.69, 9.17) is 4.74 Å². The number of rotatable bonds is 7. The molecule has 0 spiro atoms. The van der Waals surface area contributed by atoms with Crippen LogP contribution in [0.5, 0.6) is 5.75 Å². The Morgan fingerprint density at radius 3 is 2.64 bits per heavy atom. The second kappa shape index (κ2) is 8.12. The first kappa shape index (κ1) is 19.4. The highest BCUT2D eigenvalue weighted by Crippen LogP contribution is 2.17. The van der Waals surface area contributed by atoms with Crippen LogP contribution < -0.4 is 21.4 Å². The molecule has 2 N–H and O–H groups in total. The molecule has 0 aliphatic heterocycles. The van der Waals surface area contributed by atoms with E-state index in [0.29, 0.717) is 30.3 Å². The standard InChI is InChI=1S/C19H24N6O3/c1-5-28-14-8-6-13(7-9-14)10-20-23-18-21-16-15(25(18)11-12(2)3)17(26)22-19(27)24(16)4/h6-10,12H,5,11H2,1-4H3,(H,21,23)(H,22,26,27)/b20-10+. The van der Waals surface area contributed by atoms with E-state index >= 15 is 0 Å². The van der Waals surface area contributed by atoms with Crippen LogP contribution in [0.25, 0.3) is 11.2 Å². The van der Waals surface area contributed by atoms with E-state index in [-0.39, 0.29) is 5.92 Å². The Labute approximate surface area is 161 Å². The second-order valence-corrected chi connectivity index (χ2v) is 6.80. The van der Waals surface area contributed by atoms with Gasteiger partial charge >= 0.3 is 5.69 Å². The molecule has 2 aromatic heterocycles. The van der Waals surface area contributed by atoms with Crippen molar-refractivity contribution in [3.63, 3.8) is 0 Å². The number of H-pyrrole nitrogens is 1. The van der Waals surface area contributed by atoms with Gasteiger partial charge in [0, 0.05) is 13.6 Å². The maximum atomic E-state index is 12.3. The minimum absolute atomic E-state index is 0.268. The van der Waals surface area contributed by atoms with Gasteiger partial charge in [0.2, 0.25) is 5.95 Å². The van der Waals surface area contributed by atoms with Gasteiger partial charge in [0.05, 0.1) is 12.8 Å². The monoisotopic (exact) mass is 384 g/mol. The molecule has 0 aliphatic carbocycles. The third kappa shape index (κ3) is 3.98. The van der Waals surface area contributed by atoms with Gasteiger partial charge in [0.1, 0.15) is 5.75 Å². The van der Waals surface area contributed by atoms with Crippen molar-refractivity contribution in [2.24, 2.45) is 18.1 Å². The molecule has 3 rings (SSSR count). The molecule has 1 aromatic carbocycles. The Hall–Kier alpha value is -3.36. The summed E-state index contributed by atoms with van der Waals surface area (Å²) in [5, 5.41) is 4.23. The Morgan fingerprint density at radius 2 is 2.00 bits per heavy atom. The lowest BCUT2D eigenvalue weighted by Crippen LogP contribution is -2.29. The van der Waals surface area contributed by atoms with Crippen LogP contribution in [0.15, 0.2) is 39.0 Å². The third-order valence-electron chi connectivity index (χ3n) is 4.12. The molecule has 28 heavy (non-hydrogen) atoms. The van der Waals surface area contributed by atoms with E-state index in [9.17, 15) is 9.59 Å². The number of aromatic amines is 1. The highest BCUT2D eigenvalue weighted by molar-refractivity contribution is 5.80. The summed E-state index contributed by atoms with van der Waals surface area (Å²) in [5.74, 6) is 1.47. The predicted molar refractivity (Wildman–Crippen MR) is 109 cm³/mol. The molecular formula is C19H24N6O3. The molecule has 0 unspecified atom stereocenters. The Kier molecular flexibility index (Phi) is 5.62. The highest BCUT2D eigenvalue weighted by atomic mass is 16.5. The minimum Gasteiger partial charge on any atom is -0.494 e. The molecule has 9 heteroatoms. The smallest absolute Gasteiger partial charge is 0.329 e. The summed E-state index contributed by atoms with van der Waals surface area (Å²) in [6.45, 7) is 7.18. The fourth-order valence-corrected chi connectivity index (χ4v) is 2.84. The van der Waals surface area contributed by atoms with E-state index in [0.717, 1.165) is 11.3 Å². The van der Waals surface area contributed by atoms with Crippen molar-refractivity contribution in [1.29, 1.82) is 0 Å². The van der Waals surface area contributed by atoms with Crippen molar-refractivity contribution in [3.8, 4) is 5.75 Å². The van der Waals surface area contributed by atoms with Crippen molar-refractivity contribution in [2.45, 2.75) is 27.3 Å². The summed E-state index contributed by atoms with van der Waals surface area (Å²) in [4.78, 5) is 30.9. The summed E-state index contributed by atoms with van der Waals surface area (Å²) >= 11 is 0. The van der Waals surface area contributed by atoms with Crippen molar-refractivity contribution in [2.75, 3.05) is 12.0 Å². The highest BCUT2D eigenvalue weighted by Gasteiger charge is 2.17. The van der Waals surface area contributed by atoms with Crippen molar-refractivity contribution in [1.82, 2.24) is 19.1 Å². The molecule has 0 fully saturated rings. The van der Waals surface area contributed by atoms with Gasteiger partial charge in [-0.3, -0.25) is 14.3 Å². The van der Waals surface area contributed by atoms with Crippen LogP contribution in [0.4, 0.5) is 5.95 Å². The summed E-state index contributed by atoms with van der Waals surface area (Å²) in [5.41, 5.74) is 3.46. The average Bonchev–Trinajstić information content (AvgIpc) is 3.00. The number of nitrogens with one attached hydrogen (secondary N) is 2. The SMILES string of the molecule is CCOc1ccc(/C=N/Nc2nc3c(c(=O)[nH]c(=O)n3C)n2CC(C)C)cc1. The zero-order valence-electron chi connectivity index (χ0n) is 16.4. The van der Waals surface area contributed by atoms with E-state index in [1.54, 1.807) is 17.8 Å². The lowest BCUT2D eigenvalue weighted by molar-refractivity contribution is 0.340. The molecule has 0 atom stereocenters. The maximum absolute atomic E-state index is 12.3. The number of benzene rings is 1.